The maximum atomic E-state index is 13.4. The average Bonchev–Trinajstić information content (AvgIpc) is 2.56. The summed E-state index contributed by atoms with van der Waals surface area (Å²) >= 11 is 11.4. The molecule has 0 spiro atoms. The number of para-hydroxylation sites is 2. The molecular formula is C16H12Cl2FNO4. The van der Waals surface area contributed by atoms with Crippen molar-refractivity contribution in [1.82, 2.24) is 0 Å². The number of esters is 1. The predicted molar refractivity (Wildman–Crippen MR) is 88.3 cm³/mol. The van der Waals surface area contributed by atoms with Gasteiger partial charge in [0, 0.05) is 0 Å². The molecule has 0 heterocycles. The summed E-state index contributed by atoms with van der Waals surface area (Å²) in [5.41, 5.74) is 0.209. The van der Waals surface area contributed by atoms with E-state index in [0.29, 0.717) is 11.4 Å². The van der Waals surface area contributed by atoms with Crippen LogP contribution < -0.4 is 10.1 Å². The predicted octanol–water partition coefficient (Wildman–Crippen LogP) is 3.94. The molecule has 2 rings (SSSR count). The lowest BCUT2D eigenvalue weighted by Crippen LogP contribution is -2.21. The fourth-order valence-electron chi connectivity index (χ4n) is 1.82. The van der Waals surface area contributed by atoms with Gasteiger partial charge in [-0.3, -0.25) is 4.79 Å². The Morgan fingerprint density at radius 2 is 1.88 bits per heavy atom. The highest BCUT2D eigenvalue weighted by Crippen LogP contribution is 2.25. The second-order valence-corrected chi connectivity index (χ2v) is 5.39. The van der Waals surface area contributed by atoms with Gasteiger partial charge in [-0.15, -0.1) is 0 Å². The summed E-state index contributed by atoms with van der Waals surface area (Å²) < 4.78 is 23.3. The lowest BCUT2D eigenvalue weighted by molar-refractivity contribution is -0.119. The summed E-state index contributed by atoms with van der Waals surface area (Å²) in [4.78, 5) is 23.7. The van der Waals surface area contributed by atoms with Crippen LogP contribution in [0.4, 0.5) is 10.1 Å². The van der Waals surface area contributed by atoms with Crippen LogP contribution in [0, 0.1) is 5.82 Å². The fraction of sp³-hybridized carbons (Fsp3) is 0.125. The van der Waals surface area contributed by atoms with Gasteiger partial charge in [0.15, 0.2) is 6.61 Å². The number of halogens is 3. The molecule has 0 aliphatic carbocycles. The van der Waals surface area contributed by atoms with E-state index >= 15 is 0 Å². The second-order valence-electron chi connectivity index (χ2n) is 4.57. The van der Waals surface area contributed by atoms with Crippen molar-refractivity contribution in [3.8, 4) is 5.75 Å². The summed E-state index contributed by atoms with van der Waals surface area (Å²) in [5, 5.41) is 2.24. The molecule has 126 valence electrons. The smallest absolute Gasteiger partial charge is 0.340 e. The molecule has 0 aliphatic rings. The maximum absolute atomic E-state index is 13.4. The molecule has 1 N–H and O–H groups in total. The lowest BCUT2D eigenvalue weighted by Gasteiger charge is -2.10. The van der Waals surface area contributed by atoms with E-state index in [4.69, 9.17) is 32.7 Å². The van der Waals surface area contributed by atoms with Crippen LogP contribution >= 0.6 is 23.2 Å². The van der Waals surface area contributed by atoms with Crippen molar-refractivity contribution < 1.29 is 23.5 Å². The molecule has 2 aromatic carbocycles. The summed E-state index contributed by atoms with van der Waals surface area (Å²) in [6, 6.07) is 8.68. The van der Waals surface area contributed by atoms with Crippen LogP contribution in [-0.2, 0) is 9.53 Å². The number of benzene rings is 2. The minimum Gasteiger partial charge on any atom is -0.495 e. The molecule has 0 aromatic heterocycles. The topological polar surface area (TPSA) is 64.6 Å². The molecule has 0 fully saturated rings. The quantitative estimate of drug-likeness (QED) is 0.638. The summed E-state index contributed by atoms with van der Waals surface area (Å²) in [6.45, 7) is -0.572. The first kappa shape index (κ1) is 18.0. The van der Waals surface area contributed by atoms with Gasteiger partial charge in [-0.2, -0.15) is 0 Å². The van der Waals surface area contributed by atoms with E-state index in [-0.39, 0.29) is 15.6 Å². The standard InChI is InChI=1S/C16H12Cl2FNO4/c1-23-14-5-3-2-4-13(14)20-15(21)8-24-16(22)9-6-12(19)11(18)7-10(9)17/h2-7H,8H2,1H3,(H,20,21). The van der Waals surface area contributed by atoms with E-state index in [2.05, 4.69) is 5.32 Å². The van der Waals surface area contributed by atoms with E-state index in [1.165, 1.54) is 7.11 Å². The fourth-order valence-corrected chi connectivity index (χ4v) is 2.28. The van der Waals surface area contributed by atoms with Gasteiger partial charge in [-0.05, 0) is 24.3 Å². The molecule has 0 unspecified atom stereocenters. The van der Waals surface area contributed by atoms with Crippen LogP contribution in [-0.4, -0.2) is 25.6 Å². The van der Waals surface area contributed by atoms with Crippen molar-refractivity contribution in [3.63, 3.8) is 0 Å². The highest BCUT2D eigenvalue weighted by atomic mass is 35.5. The van der Waals surface area contributed by atoms with Gasteiger partial charge in [0.05, 0.1) is 28.4 Å². The van der Waals surface area contributed by atoms with Gasteiger partial charge >= 0.3 is 5.97 Å². The third kappa shape index (κ3) is 4.37. The number of ether oxygens (including phenoxy) is 2. The first-order valence-electron chi connectivity index (χ1n) is 6.67. The molecule has 0 radical (unpaired) electrons. The van der Waals surface area contributed by atoms with Crippen molar-refractivity contribution in [2.75, 3.05) is 19.0 Å². The minimum atomic E-state index is -0.939. The van der Waals surface area contributed by atoms with Crippen LogP contribution in [0.5, 0.6) is 5.75 Å². The Hall–Kier alpha value is -2.31. The average molecular weight is 372 g/mol. The van der Waals surface area contributed by atoms with Crippen molar-refractivity contribution >= 4 is 40.8 Å². The second kappa shape index (κ2) is 7.99. The Balaban J connectivity index is 1.99. The number of hydrogen-bond acceptors (Lipinski definition) is 4. The van der Waals surface area contributed by atoms with Crippen molar-refractivity contribution in [2.45, 2.75) is 0 Å². The van der Waals surface area contributed by atoms with Crippen molar-refractivity contribution in [3.05, 3.63) is 57.8 Å². The first-order valence-corrected chi connectivity index (χ1v) is 7.42. The number of hydrogen-bond donors (Lipinski definition) is 1. The highest BCUT2D eigenvalue weighted by molar-refractivity contribution is 6.36. The summed E-state index contributed by atoms with van der Waals surface area (Å²) in [6.07, 6.45) is 0. The molecule has 0 saturated carbocycles. The monoisotopic (exact) mass is 371 g/mol. The molecule has 5 nitrogen and oxygen atoms in total. The van der Waals surface area contributed by atoms with Crippen molar-refractivity contribution in [2.24, 2.45) is 0 Å². The van der Waals surface area contributed by atoms with E-state index in [9.17, 15) is 14.0 Å². The molecule has 1 amide bonds. The van der Waals surface area contributed by atoms with Crippen LogP contribution in [0.1, 0.15) is 10.4 Å². The Morgan fingerprint density at radius 3 is 2.58 bits per heavy atom. The van der Waals surface area contributed by atoms with Gasteiger partial charge in [-0.1, -0.05) is 35.3 Å². The molecule has 0 bridgehead atoms. The maximum Gasteiger partial charge on any atom is 0.340 e. The van der Waals surface area contributed by atoms with Crippen LogP contribution in [0.15, 0.2) is 36.4 Å². The SMILES string of the molecule is COc1ccccc1NC(=O)COC(=O)c1cc(F)c(Cl)cc1Cl. The zero-order valence-corrected chi connectivity index (χ0v) is 13.9. The third-order valence-electron chi connectivity index (χ3n) is 2.95. The van der Waals surface area contributed by atoms with Gasteiger partial charge in [0.2, 0.25) is 0 Å². The summed E-state index contributed by atoms with van der Waals surface area (Å²) in [5.74, 6) is -1.88. The van der Waals surface area contributed by atoms with Crippen LogP contribution in [0.2, 0.25) is 10.0 Å². The number of carbonyl (C=O) groups is 2. The van der Waals surface area contributed by atoms with Gasteiger partial charge < -0.3 is 14.8 Å². The molecule has 8 heteroatoms. The molecule has 0 atom stereocenters. The van der Waals surface area contributed by atoms with E-state index in [1.54, 1.807) is 24.3 Å². The van der Waals surface area contributed by atoms with E-state index < -0.39 is 24.3 Å². The van der Waals surface area contributed by atoms with Gasteiger partial charge in [-0.25, -0.2) is 9.18 Å². The van der Waals surface area contributed by atoms with Gasteiger partial charge in [0.1, 0.15) is 11.6 Å². The number of nitrogens with one attached hydrogen (secondary N) is 1. The third-order valence-corrected chi connectivity index (χ3v) is 3.55. The Kier molecular flexibility index (Phi) is 6.00. The lowest BCUT2D eigenvalue weighted by atomic mass is 10.2. The molecule has 24 heavy (non-hydrogen) atoms. The molecule has 0 aliphatic heterocycles. The van der Waals surface area contributed by atoms with Crippen LogP contribution in [0.25, 0.3) is 0 Å². The number of methoxy groups -OCH3 is 1. The normalized spacial score (nSPS) is 10.2. The Bertz CT molecular complexity index is 783. The zero-order chi connectivity index (χ0) is 17.7. The largest absolute Gasteiger partial charge is 0.495 e. The molecule has 0 saturated heterocycles. The van der Waals surface area contributed by atoms with E-state index in [0.717, 1.165) is 12.1 Å². The Morgan fingerprint density at radius 1 is 1.17 bits per heavy atom. The highest BCUT2D eigenvalue weighted by Gasteiger charge is 2.17. The van der Waals surface area contributed by atoms with E-state index in [1.807, 2.05) is 0 Å². The minimum absolute atomic E-state index is 0.0727. The van der Waals surface area contributed by atoms with Gasteiger partial charge in [0.25, 0.3) is 5.91 Å². The first-order chi connectivity index (χ1) is 11.4. The number of amides is 1. The molecular weight excluding hydrogens is 360 g/mol. The number of carbonyl (C=O) groups excluding carboxylic acids is 2. The number of rotatable bonds is 5. The van der Waals surface area contributed by atoms with Crippen molar-refractivity contribution in [1.29, 1.82) is 0 Å². The molecule has 2 aromatic rings. The number of anilines is 1. The zero-order valence-electron chi connectivity index (χ0n) is 12.4. The van der Waals surface area contributed by atoms with Crippen LogP contribution in [0.3, 0.4) is 0 Å². The summed E-state index contributed by atoms with van der Waals surface area (Å²) in [7, 11) is 1.46. The Labute approximate surface area is 147 Å².